The zero-order chi connectivity index (χ0) is 20.8. The van der Waals surface area contributed by atoms with E-state index in [1.807, 2.05) is 32.0 Å². The van der Waals surface area contributed by atoms with Crippen LogP contribution in [0, 0.1) is 5.41 Å². The molecule has 29 heavy (non-hydrogen) atoms. The fraction of sp³-hybridized carbons (Fsp3) is 0.435. The molecule has 3 heterocycles. The molecule has 0 aliphatic carbocycles. The van der Waals surface area contributed by atoms with Crippen LogP contribution in [-0.4, -0.2) is 23.4 Å². The number of nitrogens with zero attached hydrogens (tertiary/aromatic N) is 2. The molecule has 6 nitrogen and oxygen atoms in total. The Morgan fingerprint density at radius 3 is 2.62 bits per heavy atom. The van der Waals surface area contributed by atoms with Crippen LogP contribution in [0.3, 0.4) is 0 Å². The minimum Gasteiger partial charge on any atom is -0.439 e. The van der Waals surface area contributed by atoms with Gasteiger partial charge in [-0.15, -0.1) is 0 Å². The highest BCUT2D eigenvalue weighted by Crippen LogP contribution is 2.39. The van der Waals surface area contributed by atoms with Crippen molar-refractivity contribution in [2.45, 2.75) is 52.6 Å². The highest BCUT2D eigenvalue weighted by molar-refractivity contribution is 6.22. The number of pyridine rings is 1. The first kappa shape index (κ1) is 19.6. The van der Waals surface area contributed by atoms with Crippen LogP contribution in [0.1, 0.15) is 51.7 Å². The largest absolute Gasteiger partial charge is 0.439 e. The molecule has 1 aromatic heterocycles. The molecule has 1 aromatic carbocycles. The number of fused-ring (bicyclic) bond motifs is 1. The molecule has 0 radical (unpaired) electrons. The first-order valence-corrected chi connectivity index (χ1v) is 9.96. The van der Waals surface area contributed by atoms with E-state index in [0.717, 1.165) is 0 Å². The van der Waals surface area contributed by atoms with Gasteiger partial charge in [0.2, 0.25) is 17.7 Å². The van der Waals surface area contributed by atoms with Crippen LogP contribution in [0.15, 0.2) is 36.5 Å². The number of rotatable bonds is 4. The number of imide groups is 1. The molecule has 1 atom stereocenters. The van der Waals surface area contributed by atoms with Crippen molar-refractivity contribution < 1.29 is 19.1 Å². The Bertz CT molecular complexity index is 967. The summed E-state index contributed by atoms with van der Waals surface area (Å²) in [7, 11) is 0. The van der Waals surface area contributed by atoms with E-state index >= 15 is 0 Å². The molecular formula is C23H26N2O4. The van der Waals surface area contributed by atoms with Crippen LogP contribution in [0.25, 0.3) is 0 Å². The number of hydrogen-bond acceptors (Lipinski definition) is 5. The van der Waals surface area contributed by atoms with E-state index in [4.69, 9.17) is 9.47 Å². The van der Waals surface area contributed by atoms with Gasteiger partial charge in [-0.05, 0) is 35.7 Å². The molecule has 2 aliphatic heterocycles. The Morgan fingerprint density at radius 2 is 1.97 bits per heavy atom. The third kappa shape index (κ3) is 3.42. The summed E-state index contributed by atoms with van der Waals surface area (Å²) in [6, 6.07) is 9.35. The van der Waals surface area contributed by atoms with E-state index in [1.54, 1.807) is 12.1 Å². The number of ether oxygens (including phenoxy) is 2. The second kappa shape index (κ2) is 6.95. The second-order valence-corrected chi connectivity index (χ2v) is 8.78. The van der Waals surface area contributed by atoms with Gasteiger partial charge in [-0.25, -0.2) is 9.88 Å². The average molecular weight is 394 g/mol. The topological polar surface area (TPSA) is 68.7 Å². The van der Waals surface area contributed by atoms with Crippen molar-refractivity contribution in [3.8, 4) is 11.6 Å². The maximum Gasteiger partial charge on any atom is 0.240 e. The van der Waals surface area contributed by atoms with Gasteiger partial charge < -0.3 is 9.47 Å². The van der Waals surface area contributed by atoms with Gasteiger partial charge in [-0.3, -0.25) is 9.59 Å². The van der Waals surface area contributed by atoms with Crippen LogP contribution in [0.5, 0.6) is 11.6 Å². The zero-order valence-electron chi connectivity index (χ0n) is 17.3. The molecular weight excluding hydrogens is 368 g/mol. The number of carbonyl (C=O) groups is 2. The Balaban J connectivity index is 1.54. The Morgan fingerprint density at radius 1 is 1.17 bits per heavy atom. The van der Waals surface area contributed by atoms with E-state index in [9.17, 15) is 9.59 Å². The lowest BCUT2D eigenvalue weighted by Crippen LogP contribution is -2.34. The van der Waals surface area contributed by atoms with Crippen LogP contribution < -0.4 is 9.64 Å². The molecule has 4 rings (SSSR count). The summed E-state index contributed by atoms with van der Waals surface area (Å²) in [6.45, 7) is 9.34. The van der Waals surface area contributed by atoms with Gasteiger partial charge in [0.15, 0.2) is 0 Å². The van der Waals surface area contributed by atoms with Crippen LogP contribution in [0.2, 0.25) is 0 Å². The van der Waals surface area contributed by atoms with Crippen LogP contribution in [0.4, 0.5) is 5.69 Å². The monoisotopic (exact) mass is 394 g/mol. The van der Waals surface area contributed by atoms with Crippen LogP contribution >= 0.6 is 0 Å². The number of benzene rings is 1. The number of anilines is 1. The lowest BCUT2D eigenvalue weighted by atomic mass is 9.81. The van der Waals surface area contributed by atoms with E-state index in [-0.39, 0.29) is 23.7 Å². The van der Waals surface area contributed by atoms with Gasteiger partial charge in [-0.2, -0.15) is 0 Å². The summed E-state index contributed by atoms with van der Waals surface area (Å²) in [6.07, 6.45) is 2.38. The van der Waals surface area contributed by atoms with Crippen molar-refractivity contribution in [1.29, 1.82) is 0 Å². The normalized spacial score (nSPS) is 23.2. The summed E-state index contributed by atoms with van der Waals surface area (Å²) in [4.78, 5) is 30.6. The molecule has 0 unspecified atom stereocenters. The fourth-order valence-electron chi connectivity index (χ4n) is 3.96. The van der Waals surface area contributed by atoms with Crippen molar-refractivity contribution >= 4 is 17.5 Å². The highest BCUT2D eigenvalue weighted by atomic mass is 16.5. The second-order valence-electron chi connectivity index (χ2n) is 8.78. The Kier molecular flexibility index (Phi) is 4.69. The van der Waals surface area contributed by atoms with Crippen molar-refractivity contribution in [2.24, 2.45) is 5.41 Å². The minimum atomic E-state index is -0.633. The molecule has 1 saturated heterocycles. The summed E-state index contributed by atoms with van der Waals surface area (Å²) in [5, 5.41) is 0. The third-order valence-corrected chi connectivity index (χ3v) is 6.02. The van der Waals surface area contributed by atoms with Crippen LogP contribution in [-0.2, 0) is 26.3 Å². The lowest BCUT2D eigenvalue weighted by molar-refractivity contribution is -0.125. The van der Waals surface area contributed by atoms with Gasteiger partial charge in [0, 0.05) is 17.9 Å². The van der Waals surface area contributed by atoms with Gasteiger partial charge in [0.05, 0.1) is 30.5 Å². The standard InChI is InChI=1S/C23H26N2O4/c1-5-23(4)11-20(26)25(21(23)27)16-7-9-19(24-12-16)29-17-8-6-15-13-28-14-22(2,3)18(15)10-17/h6-10,12H,5,11,13-14H2,1-4H3/t23-/m0/s1. The van der Waals surface area contributed by atoms with Gasteiger partial charge in [0.25, 0.3) is 0 Å². The maximum atomic E-state index is 12.7. The summed E-state index contributed by atoms with van der Waals surface area (Å²) >= 11 is 0. The predicted molar refractivity (Wildman–Crippen MR) is 109 cm³/mol. The number of aromatic nitrogens is 1. The van der Waals surface area contributed by atoms with E-state index in [0.29, 0.717) is 37.0 Å². The smallest absolute Gasteiger partial charge is 0.240 e. The number of hydrogen-bond donors (Lipinski definition) is 0. The predicted octanol–water partition coefficient (Wildman–Crippen LogP) is 4.36. The molecule has 1 fully saturated rings. The number of amides is 2. The van der Waals surface area contributed by atoms with Gasteiger partial charge in [-0.1, -0.05) is 33.8 Å². The fourth-order valence-corrected chi connectivity index (χ4v) is 3.96. The average Bonchev–Trinajstić information content (AvgIpc) is 2.92. The molecule has 0 spiro atoms. The Labute approximate surface area is 170 Å². The van der Waals surface area contributed by atoms with Crippen molar-refractivity contribution in [2.75, 3.05) is 11.5 Å². The first-order valence-electron chi connectivity index (χ1n) is 9.96. The summed E-state index contributed by atoms with van der Waals surface area (Å²) in [5.41, 5.74) is 2.15. The minimum absolute atomic E-state index is 0.0767. The van der Waals surface area contributed by atoms with Crippen molar-refractivity contribution in [1.82, 2.24) is 4.98 Å². The quantitative estimate of drug-likeness (QED) is 0.721. The molecule has 2 aliphatic rings. The third-order valence-electron chi connectivity index (χ3n) is 6.02. The Hall–Kier alpha value is -2.73. The highest BCUT2D eigenvalue weighted by Gasteiger charge is 2.47. The molecule has 0 saturated carbocycles. The summed E-state index contributed by atoms with van der Waals surface area (Å²) in [5.74, 6) is 0.760. The number of carbonyl (C=O) groups excluding carboxylic acids is 2. The zero-order valence-corrected chi connectivity index (χ0v) is 17.3. The molecule has 0 bridgehead atoms. The SMILES string of the molecule is CC[C@@]1(C)CC(=O)N(c2ccc(Oc3ccc4c(c3)C(C)(C)COC4)nc2)C1=O. The van der Waals surface area contributed by atoms with E-state index < -0.39 is 5.41 Å². The lowest BCUT2D eigenvalue weighted by Gasteiger charge is -2.32. The maximum absolute atomic E-state index is 12.7. The van der Waals surface area contributed by atoms with Crippen molar-refractivity contribution in [3.05, 3.63) is 47.7 Å². The molecule has 0 N–H and O–H groups in total. The van der Waals surface area contributed by atoms with E-state index in [1.165, 1.54) is 22.2 Å². The van der Waals surface area contributed by atoms with Gasteiger partial charge >= 0.3 is 0 Å². The van der Waals surface area contributed by atoms with Gasteiger partial charge in [0.1, 0.15) is 5.75 Å². The molecule has 2 amide bonds. The van der Waals surface area contributed by atoms with E-state index in [2.05, 4.69) is 18.8 Å². The van der Waals surface area contributed by atoms with Crippen molar-refractivity contribution in [3.63, 3.8) is 0 Å². The summed E-state index contributed by atoms with van der Waals surface area (Å²) < 4.78 is 11.6. The molecule has 152 valence electrons. The molecule has 2 aromatic rings. The molecule has 6 heteroatoms. The first-order chi connectivity index (χ1) is 13.7.